The van der Waals surface area contributed by atoms with Crippen LogP contribution in [0.4, 0.5) is 0 Å². The van der Waals surface area contributed by atoms with Gasteiger partial charge in [0.25, 0.3) is 0 Å². The van der Waals surface area contributed by atoms with Crippen molar-refractivity contribution in [2.45, 2.75) is 44.7 Å². The fourth-order valence-electron chi connectivity index (χ4n) is 1.13. The normalized spacial score (nSPS) is 17.8. The van der Waals surface area contributed by atoms with E-state index in [0.29, 0.717) is 0 Å². The van der Waals surface area contributed by atoms with Crippen LogP contribution in [-0.4, -0.2) is 5.66 Å². The molecule has 11 heavy (non-hydrogen) atoms. The van der Waals surface area contributed by atoms with E-state index in [4.69, 9.17) is 6.42 Å². The van der Waals surface area contributed by atoms with Gasteiger partial charge in [-0.15, -0.1) is 12.3 Å². The van der Waals surface area contributed by atoms with Gasteiger partial charge in [0.05, 0.1) is 0 Å². The van der Waals surface area contributed by atoms with E-state index < -0.39 is 0 Å². The monoisotopic (exact) mass is 150 g/mol. The van der Waals surface area contributed by atoms with E-state index in [1.54, 1.807) is 0 Å². The van der Waals surface area contributed by atoms with Crippen molar-refractivity contribution in [2.75, 3.05) is 0 Å². The van der Waals surface area contributed by atoms with Crippen LogP contribution in [0, 0.1) is 12.3 Å². The molecule has 0 aromatic carbocycles. The first-order valence-corrected chi connectivity index (χ1v) is 4.20. The van der Waals surface area contributed by atoms with Crippen LogP contribution in [0.2, 0.25) is 0 Å². The second kappa shape index (κ2) is 3.52. The van der Waals surface area contributed by atoms with E-state index in [0.717, 1.165) is 19.3 Å². The molecule has 0 saturated carbocycles. The SMILES string of the molecule is C#CCCC1(CCCC)N=N1. The highest BCUT2D eigenvalue weighted by Crippen LogP contribution is 2.37. The van der Waals surface area contributed by atoms with Crippen LogP contribution < -0.4 is 0 Å². The zero-order valence-electron chi connectivity index (χ0n) is 7.01. The van der Waals surface area contributed by atoms with Gasteiger partial charge in [0.15, 0.2) is 5.66 Å². The Labute approximate surface area is 68.1 Å². The second-order valence-electron chi connectivity index (χ2n) is 2.99. The van der Waals surface area contributed by atoms with Gasteiger partial charge in [-0.1, -0.05) is 13.3 Å². The number of nitrogens with zero attached hydrogens (tertiary/aromatic N) is 2. The van der Waals surface area contributed by atoms with Crippen LogP contribution in [0.15, 0.2) is 10.2 Å². The van der Waals surface area contributed by atoms with E-state index in [-0.39, 0.29) is 5.66 Å². The first-order valence-electron chi connectivity index (χ1n) is 4.20. The molecule has 0 atom stereocenters. The number of hydrogen-bond acceptors (Lipinski definition) is 2. The molecular formula is C9H14N2. The average Bonchev–Trinajstić information content (AvgIpc) is 2.79. The number of terminal acetylenes is 1. The van der Waals surface area contributed by atoms with Crippen molar-refractivity contribution in [1.29, 1.82) is 0 Å². The van der Waals surface area contributed by atoms with Crippen LogP contribution in [0.25, 0.3) is 0 Å². The van der Waals surface area contributed by atoms with Gasteiger partial charge in [-0.05, 0) is 12.8 Å². The van der Waals surface area contributed by atoms with Crippen LogP contribution in [0.1, 0.15) is 39.0 Å². The van der Waals surface area contributed by atoms with Gasteiger partial charge < -0.3 is 0 Å². The summed E-state index contributed by atoms with van der Waals surface area (Å²) in [5.74, 6) is 2.62. The molecule has 0 saturated heterocycles. The van der Waals surface area contributed by atoms with E-state index in [9.17, 15) is 0 Å². The Morgan fingerprint density at radius 1 is 1.36 bits per heavy atom. The third kappa shape index (κ3) is 2.34. The number of rotatable bonds is 5. The van der Waals surface area contributed by atoms with Crippen molar-refractivity contribution >= 4 is 0 Å². The molecular weight excluding hydrogens is 136 g/mol. The van der Waals surface area contributed by atoms with Gasteiger partial charge in [0.1, 0.15) is 0 Å². The van der Waals surface area contributed by atoms with E-state index in [2.05, 4.69) is 23.1 Å². The molecule has 2 nitrogen and oxygen atoms in total. The largest absolute Gasteiger partial charge is 0.191 e. The average molecular weight is 150 g/mol. The first kappa shape index (κ1) is 8.26. The van der Waals surface area contributed by atoms with Crippen LogP contribution in [0.3, 0.4) is 0 Å². The van der Waals surface area contributed by atoms with Crippen LogP contribution in [-0.2, 0) is 0 Å². The van der Waals surface area contributed by atoms with Crippen molar-refractivity contribution in [3.05, 3.63) is 0 Å². The maximum atomic E-state index is 5.16. The molecule has 0 bridgehead atoms. The Morgan fingerprint density at radius 2 is 2.09 bits per heavy atom. The van der Waals surface area contributed by atoms with Crippen LogP contribution >= 0.6 is 0 Å². The quantitative estimate of drug-likeness (QED) is 0.538. The molecule has 0 fully saturated rings. The zero-order valence-corrected chi connectivity index (χ0v) is 7.01. The highest BCUT2D eigenvalue weighted by atomic mass is 15.4. The summed E-state index contributed by atoms with van der Waals surface area (Å²) in [7, 11) is 0. The molecule has 1 aliphatic heterocycles. The molecule has 0 unspecified atom stereocenters. The lowest BCUT2D eigenvalue weighted by molar-refractivity contribution is 0.491. The van der Waals surface area contributed by atoms with E-state index >= 15 is 0 Å². The number of unbranched alkanes of at least 4 members (excludes halogenated alkanes) is 1. The van der Waals surface area contributed by atoms with Crippen molar-refractivity contribution in [2.24, 2.45) is 10.2 Å². The molecule has 0 N–H and O–H groups in total. The van der Waals surface area contributed by atoms with Crippen molar-refractivity contribution < 1.29 is 0 Å². The van der Waals surface area contributed by atoms with Crippen molar-refractivity contribution in [1.82, 2.24) is 0 Å². The Kier molecular flexibility index (Phi) is 2.64. The lowest BCUT2D eigenvalue weighted by atomic mass is 10.0. The third-order valence-electron chi connectivity index (χ3n) is 1.98. The highest BCUT2D eigenvalue weighted by Gasteiger charge is 2.37. The summed E-state index contributed by atoms with van der Waals surface area (Å²) in [6.45, 7) is 2.18. The topological polar surface area (TPSA) is 24.7 Å². The summed E-state index contributed by atoms with van der Waals surface area (Å²) in [6.07, 6.45) is 10.4. The third-order valence-corrected chi connectivity index (χ3v) is 1.98. The minimum Gasteiger partial charge on any atom is -0.159 e. The predicted molar refractivity (Wildman–Crippen MR) is 45.2 cm³/mol. The standard InChI is InChI=1S/C9H14N2/c1-3-5-7-9(10-11-9)8-6-4-2/h1H,4-8H2,2H3. The zero-order chi connectivity index (χ0) is 8.16. The second-order valence-corrected chi connectivity index (χ2v) is 2.99. The smallest absolute Gasteiger partial charge is 0.159 e. The lowest BCUT2D eigenvalue weighted by Crippen LogP contribution is -2.09. The van der Waals surface area contributed by atoms with Crippen LogP contribution in [0.5, 0.6) is 0 Å². The Balaban J connectivity index is 2.15. The van der Waals surface area contributed by atoms with Gasteiger partial charge >= 0.3 is 0 Å². The number of hydrogen-bond donors (Lipinski definition) is 0. The minimum atomic E-state index is -0.0393. The molecule has 0 radical (unpaired) electrons. The molecule has 1 rings (SSSR count). The molecule has 0 aromatic rings. The summed E-state index contributed by atoms with van der Waals surface area (Å²) < 4.78 is 0. The molecule has 0 spiro atoms. The first-order chi connectivity index (χ1) is 5.33. The lowest BCUT2D eigenvalue weighted by Gasteiger charge is -2.06. The highest BCUT2D eigenvalue weighted by molar-refractivity contribution is 4.97. The molecule has 1 aliphatic rings. The van der Waals surface area contributed by atoms with Gasteiger partial charge in [-0.3, -0.25) is 0 Å². The predicted octanol–water partition coefficient (Wildman–Crippen LogP) is 2.75. The van der Waals surface area contributed by atoms with Gasteiger partial charge in [-0.2, -0.15) is 10.2 Å². The Hall–Kier alpha value is -0.840. The van der Waals surface area contributed by atoms with E-state index in [1.165, 1.54) is 12.8 Å². The van der Waals surface area contributed by atoms with Gasteiger partial charge in [-0.25, -0.2) is 0 Å². The van der Waals surface area contributed by atoms with Crippen molar-refractivity contribution in [3.8, 4) is 12.3 Å². The molecule has 1 heterocycles. The summed E-state index contributed by atoms with van der Waals surface area (Å²) in [6, 6.07) is 0. The summed E-state index contributed by atoms with van der Waals surface area (Å²) in [5, 5.41) is 8.08. The molecule has 0 aromatic heterocycles. The molecule has 60 valence electrons. The Morgan fingerprint density at radius 3 is 2.55 bits per heavy atom. The molecule has 2 heteroatoms. The van der Waals surface area contributed by atoms with Gasteiger partial charge in [0, 0.05) is 12.8 Å². The van der Waals surface area contributed by atoms with Crippen molar-refractivity contribution in [3.63, 3.8) is 0 Å². The Bertz CT molecular complexity index is 182. The summed E-state index contributed by atoms with van der Waals surface area (Å²) in [4.78, 5) is 0. The molecule has 0 amide bonds. The maximum absolute atomic E-state index is 5.16. The fourth-order valence-corrected chi connectivity index (χ4v) is 1.13. The maximum Gasteiger partial charge on any atom is 0.191 e. The summed E-state index contributed by atoms with van der Waals surface area (Å²) in [5.41, 5.74) is -0.0393. The molecule has 0 aliphatic carbocycles. The van der Waals surface area contributed by atoms with E-state index in [1.807, 2.05) is 0 Å². The summed E-state index contributed by atoms with van der Waals surface area (Å²) >= 11 is 0. The minimum absolute atomic E-state index is 0.0393. The van der Waals surface area contributed by atoms with Gasteiger partial charge in [0.2, 0.25) is 0 Å². The fraction of sp³-hybridized carbons (Fsp3) is 0.778.